The monoisotopic (exact) mass is 179 g/mol. The summed E-state index contributed by atoms with van der Waals surface area (Å²) in [4.78, 5) is 10.4. The van der Waals surface area contributed by atoms with Crippen molar-refractivity contribution in [2.45, 2.75) is 18.8 Å². The van der Waals surface area contributed by atoms with Gasteiger partial charge < -0.3 is 25.8 Å². The van der Waals surface area contributed by atoms with Crippen molar-refractivity contribution in [3.8, 4) is 0 Å². The smallest absolute Gasteiger partial charge is 0.334 e. The zero-order chi connectivity index (χ0) is 9.78. The molecule has 0 saturated heterocycles. The number of rotatable bonds is 4. The number of ether oxygens (including phenoxy) is 1. The summed E-state index contributed by atoms with van der Waals surface area (Å²) in [5.41, 5.74) is 3.89. The van der Waals surface area contributed by atoms with Crippen LogP contribution in [-0.4, -0.2) is 46.3 Å². The molecule has 0 spiro atoms. The molecule has 0 saturated carbocycles. The van der Waals surface area contributed by atoms with Crippen LogP contribution >= 0.6 is 0 Å². The third-order valence-electron chi connectivity index (χ3n) is 1.28. The summed E-state index contributed by atoms with van der Waals surface area (Å²) in [6.07, 6.45) is -1.62. The quantitative estimate of drug-likeness (QED) is 0.281. The molecule has 0 bridgehead atoms. The topological polar surface area (TPSA) is 113 Å². The van der Waals surface area contributed by atoms with E-state index in [0.29, 0.717) is 0 Å². The van der Waals surface area contributed by atoms with E-state index in [1.807, 2.05) is 0 Å². The Labute approximate surface area is 69.6 Å². The number of hydrogen-bond acceptors (Lipinski definition) is 6. The number of aliphatic hydroxyl groups is 3. The molecule has 0 heterocycles. The summed E-state index contributed by atoms with van der Waals surface area (Å²) >= 11 is 0. The van der Waals surface area contributed by atoms with E-state index in [4.69, 9.17) is 21.1 Å². The van der Waals surface area contributed by atoms with Crippen LogP contribution in [-0.2, 0) is 9.53 Å². The van der Waals surface area contributed by atoms with E-state index >= 15 is 0 Å². The Balaban J connectivity index is 4.02. The summed E-state index contributed by atoms with van der Waals surface area (Å²) in [7, 11) is 0. The number of esters is 1. The summed E-state index contributed by atoms with van der Waals surface area (Å²) in [5.74, 6) is -0.993. The third-order valence-corrected chi connectivity index (χ3v) is 1.28. The summed E-state index contributed by atoms with van der Waals surface area (Å²) in [6, 6.07) is 0. The van der Waals surface area contributed by atoms with Crippen LogP contribution in [0.1, 0.15) is 6.92 Å². The molecule has 0 rings (SSSR count). The molecule has 0 radical (unpaired) electrons. The second-order valence-corrected chi connectivity index (χ2v) is 2.66. The maximum atomic E-state index is 10.4. The lowest BCUT2D eigenvalue weighted by Crippen LogP contribution is -2.53. The Morgan fingerprint density at radius 1 is 1.67 bits per heavy atom. The Kier molecular flexibility index (Phi) is 4.11. The molecular formula is C6H13NO5. The minimum absolute atomic E-state index is 0.535. The third kappa shape index (κ3) is 3.14. The molecule has 0 aromatic rings. The first-order valence-corrected chi connectivity index (χ1v) is 3.32. The van der Waals surface area contributed by atoms with Crippen LogP contribution in [0.2, 0.25) is 0 Å². The van der Waals surface area contributed by atoms with Gasteiger partial charge in [0.1, 0.15) is 6.61 Å². The molecule has 2 atom stereocenters. The molecule has 2 unspecified atom stereocenters. The summed E-state index contributed by atoms with van der Waals surface area (Å²) in [6.45, 7) is -0.0617. The second-order valence-electron chi connectivity index (χ2n) is 2.66. The first-order chi connectivity index (χ1) is 5.44. The van der Waals surface area contributed by atoms with Gasteiger partial charge in [-0.05, 0) is 6.92 Å². The summed E-state index contributed by atoms with van der Waals surface area (Å²) in [5, 5.41) is 25.9. The first kappa shape index (κ1) is 11.3. The highest BCUT2D eigenvalue weighted by Crippen LogP contribution is 2.06. The number of hydrogen-bond donors (Lipinski definition) is 4. The molecule has 6 nitrogen and oxygen atoms in total. The standard InChI is InChI=1S/C6H13NO5/c1-6(7,3-9)5(11)12-4(10)2-8/h5,8-9,11H,2-3,7H2,1H3. The molecular weight excluding hydrogens is 166 g/mol. The highest BCUT2D eigenvalue weighted by atomic mass is 16.6. The van der Waals surface area contributed by atoms with Crippen molar-refractivity contribution >= 4 is 5.97 Å². The minimum atomic E-state index is -1.62. The fourth-order valence-corrected chi connectivity index (χ4v) is 0.374. The van der Waals surface area contributed by atoms with Crippen molar-refractivity contribution in [2.75, 3.05) is 13.2 Å². The molecule has 0 aliphatic heterocycles. The van der Waals surface area contributed by atoms with Crippen LogP contribution in [0.25, 0.3) is 0 Å². The van der Waals surface area contributed by atoms with Gasteiger partial charge in [0.15, 0.2) is 0 Å². The van der Waals surface area contributed by atoms with E-state index in [-0.39, 0.29) is 0 Å². The van der Waals surface area contributed by atoms with Gasteiger partial charge in [-0.1, -0.05) is 0 Å². The molecule has 0 aliphatic carbocycles. The number of nitrogens with two attached hydrogens (primary N) is 1. The molecule has 0 fully saturated rings. The van der Waals surface area contributed by atoms with E-state index in [1.54, 1.807) is 0 Å². The molecule has 5 N–H and O–H groups in total. The van der Waals surface area contributed by atoms with Crippen LogP contribution in [0.3, 0.4) is 0 Å². The predicted octanol–water partition coefficient (Wildman–Crippen LogP) is -2.45. The normalized spacial score (nSPS) is 18.1. The largest absolute Gasteiger partial charge is 0.432 e. The number of carbonyl (C=O) groups excluding carboxylic acids is 1. The van der Waals surface area contributed by atoms with Gasteiger partial charge >= 0.3 is 5.97 Å². The van der Waals surface area contributed by atoms with Gasteiger partial charge in [-0.2, -0.15) is 0 Å². The molecule has 0 aromatic heterocycles. The molecule has 0 amide bonds. The van der Waals surface area contributed by atoms with Gasteiger partial charge in [-0.15, -0.1) is 0 Å². The van der Waals surface area contributed by atoms with Crippen molar-refractivity contribution in [2.24, 2.45) is 5.73 Å². The maximum Gasteiger partial charge on any atom is 0.334 e. The van der Waals surface area contributed by atoms with Crippen molar-refractivity contribution in [1.82, 2.24) is 0 Å². The first-order valence-electron chi connectivity index (χ1n) is 3.32. The van der Waals surface area contributed by atoms with Crippen molar-refractivity contribution < 1.29 is 24.9 Å². The van der Waals surface area contributed by atoms with Crippen LogP contribution in [0.4, 0.5) is 0 Å². The lowest BCUT2D eigenvalue weighted by Gasteiger charge is -2.26. The van der Waals surface area contributed by atoms with Crippen LogP contribution in [0, 0.1) is 0 Å². The lowest BCUT2D eigenvalue weighted by molar-refractivity contribution is -0.184. The van der Waals surface area contributed by atoms with Gasteiger partial charge in [0.2, 0.25) is 6.29 Å². The molecule has 6 heteroatoms. The molecule has 12 heavy (non-hydrogen) atoms. The van der Waals surface area contributed by atoms with Crippen molar-refractivity contribution in [3.05, 3.63) is 0 Å². The Bertz CT molecular complexity index is 158. The lowest BCUT2D eigenvalue weighted by atomic mass is 10.1. The van der Waals surface area contributed by atoms with Crippen LogP contribution < -0.4 is 5.73 Å². The fraction of sp³-hybridized carbons (Fsp3) is 0.833. The van der Waals surface area contributed by atoms with Crippen LogP contribution in [0.15, 0.2) is 0 Å². The second kappa shape index (κ2) is 4.36. The van der Waals surface area contributed by atoms with Crippen molar-refractivity contribution in [1.29, 1.82) is 0 Å². The highest BCUT2D eigenvalue weighted by molar-refractivity contribution is 5.70. The molecule has 0 aromatic carbocycles. The van der Waals surface area contributed by atoms with E-state index in [0.717, 1.165) is 0 Å². The average Bonchev–Trinajstić information content (AvgIpc) is 2.04. The van der Waals surface area contributed by atoms with E-state index in [2.05, 4.69) is 4.74 Å². The molecule has 72 valence electrons. The van der Waals surface area contributed by atoms with Crippen LogP contribution in [0.5, 0.6) is 0 Å². The number of aliphatic hydroxyl groups excluding tert-OH is 3. The SMILES string of the molecule is CC(N)(CO)C(O)OC(=O)CO. The number of carbonyl (C=O) groups is 1. The van der Waals surface area contributed by atoms with Gasteiger partial charge in [-0.25, -0.2) is 4.79 Å². The summed E-state index contributed by atoms with van der Waals surface area (Å²) < 4.78 is 4.24. The fourth-order valence-electron chi connectivity index (χ4n) is 0.374. The van der Waals surface area contributed by atoms with Gasteiger partial charge in [0.05, 0.1) is 12.1 Å². The zero-order valence-electron chi connectivity index (χ0n) is 6.73. The maximum absolute atomic E-state index is 10.4. The van der Waals surface area contributed by atoms with Crippen molar-refractivity contribution in [3.63, 3.8) is 0 Å². The van der Waals surface area contributed by atoms with E-state index < -0.39 is 31.0 Å². The van der Waals surface area contributed by atoms with E-state index in [9.17, 15) is 4.79 Å². The van der Waals surface area contributed by atoms with Gasteiger partial charge in [0, 0.05) is 0 Å². The van der Waals surface area contributed by atoms with Gasteiger partial charge in [0.25, 0.3) is 0 Å². The average molecular weight is 179 g/mol. The minimum Gasteiger partial charge on any atom is -0.432 e. The highest BCUT2D eigenvalue weighted by Gasteiger charge is 2.30. The van der Waals surface area contributed by atoms with E-state index in [1.165, 1.54) is 6.92 Å². The zero-order valence-corrected chi connectivity index (χ0v) is 6.73. The Hall–Kier alpha value is -0.690. The van der Waals surface area contributed by atoms with Gasteiger partial charge in [-0.3, -0.25) is 0 Å². The Morgan fingerprint density at radius 3 is 2.50 bits per heavy atom. The predicted molar refractivity (Wildman–Crippen MR) is 38.9 cm³/mol. The molecule has 0 aliphatic rings. The Morgan fingerprint density at radius 2 is 2.17 bits per heavy atom.